The summed E-state index contributed by atoms with van der Waals surface area (Å²) in [6, 6.07) is 11.0. The summed E-state index contributed by atoms with van der Waals surface area (Å²) in [5.74, 6) is -0.490. The summed E-state index contributed by atoms with van der Waals surface area (Å²) in [7, 11) is 0. The van der Waals surface area contributed by atoms with E-state index in [0.717, 1.165) is 0 Å². The van der Waals surface area contributed by atoms with Gasteiger partial charge in [0.2, 0.25) is 0 Å². The van der Waals surface area contributed by atoms with Gasteiger partial charge in [0.05, 0.1) is 11.7 Å². The molecular formula is C13H13NO2. The SMILES string of the molecule is CC(C)OC(=O)C=C(C#N)c1ccccc1. The van der Waals surface area contributed by atoms with Crippen LogP contribution in [0.2, 0.25) is 0 Å². The summed E-state index contributed by atoms with van der Waals surface area (Å²) >= 11 is 0. The second-order valence-electron chi connectivity index (χ2n) is 3.52. The van der Waals surface area contributed by atoms with Crippen molar-refractivity contribution in [1.82, 2.24) is 0 Å². The van der Waals surface area contributed by atoms with Crippen LogP contribution in [0.15, 0.2) is 36.4 Å². The van der Waals surface area contributed by atoms with E-state index in [9.17, 15) is 4.79 Å². The number of esters is 1. The normalized spacial score (nSPS) is 11.0. The van der Waals surface area contributed by atoms with Gasteiger partial charge in [-0.2, -0.15) is 5.26 Å². The molecule has 0 radical (unpaired) electrons. The monoisotopic (exact) mass is 215 g/mol. The van der Waals surface area contributed by atoms with Gasteiger partial charge in [0, 0.05) is 6.08 Å². The summed E-state index contributed by atoms with van der Waals surface area (Å²) in [6.45, 7) is 3.53. The van der Waals surface area contributed by atoms with Crippen LogP contribution < -0.4 is 0 Å². The van der Waals surface area contributed by atoms with Crippen molar-refractivity contribution in [3.8, 4) is 6.07 Å². The molecule has 0 unspecified atom stereocenters. The molecule has 0 spiro atoms. The lowest BCUT2D eigenvalue weighted by Gasteiger charge is -2.05. The van der Waals surface area contributed by atoms with E-state index in [4.69, 9.17) is 10.00 Å². The zero-order valence-corrected chi connectivity index (χ0v) is 9.31. The van der Waals surface area contributed by atoms with E-state index >= 15 is 0 Å². The molecule has 0 bridgehead atoms. The molecule has 1 rings (SSSR count). The Kier molecular flexibility index (Phi) is 4.28. The average molecular weight is 215 g/mol. The Hall–Kier alpha value is -2.08. The molecule has 0 heterocycles. The first-order chi connectivity index (χ1) is 7.63. The lowest BCUT2D eigenvalue weighted by molar-refractivity contribution is -0.141. The Bertz CT molecular complexity index is 427. The minimum Gasteiger partial charge on any atom is -0.460 e. The Labute approximate surface area is 95.0 Å². The van der Waals surface area contributed by atoms with Crippen LogP contribution in [-0.4, -0.2) is 12.1 Å². The van der Waals surface area contributed by atoms with Crippen molar-refractivity contribution >= 4 is 11.5 Å². The second kappa shape index (κ2) is 5.72. The second-order valence-corrected chi connectivity index (χ2v) is 3.52. The molecule has 0 aliphatic heterocycles. The van der Waals surface area contributed by atoms with E-state index in [0.29, 0.717) is 11.1 Å². The molecule has 3 heteroatoms. The van der Waals surface area contributed by atoms with E-state index in [2.05, 4.69) is 0 Å². The molecule has 1 aromatic carbocycles. The van der Waals surface area contributed by atoms with Gasteiger partial charge in [0.25, 0.3) is 0 Å². The quantitative estimate of drug-likeness (QED) is 0.442. The Morgan fingerprint density at radius 3 is 2.50 bits per heavy atom. The molecule has 0 aliphatic carbocycles. The van der Waals surface area contributed by atoms with Crippen LogP contribution in [0.1, 0.15) is 19.4 Å². The predicted molar refractivity (Wildman–Crippen MR) is 61.3 cm³/mol. The minimum atomic E-state index is -0.490. The third kappa shape index (κ3) is 3.58. The lowest BCUT2D eigenvalue weighted by atomic mass is 10.1. The Balaban J connectivity index is 2.88. The van der Waals surface area contributed by atoms with Crippen LogP contribution in [0.3, 0.4) is 0 Å². The van der Waals surface area contributed by atoms with Crippen molar-refractivity contribution < 1.29 is 9.53 Å². The van der Waals surface area contributed by atoms with Gasteiger partial charge in [-0.25, -0.2) is 4.79 Å². The molecule has 0 N–H and O–H groups in total. The molecule has 1 aromatic rings. The minimum absolute atomic E-state index is 0.181. The highest BCUT2D eigenvalue weighted by Gasteiger charge is 2.06. The number of hydrogen-bond acceptors (Lipinski definition) is 3. The average Bonchev–Trinajstić information content (AvgIpc) is 2.26. The van der Waals surface area contributed by atoms with Crippen molar-refractivity contribution in [3.05, 3.63) is 42.0 Å². The van der Waals surface area contributed by atoms with Gasteiger partial charge in [0.1, 0.15) is 6.07 Å². The van der Waals surface area contributed by atoms with Crippen molar-refractivity contribution in [2.24, 2.45) is 0 Å². The van der Waals surface area contributed by atoms with Crippen LogP contribution in [0.4, 0.5) is 0 Å². The van der Waals surface area contributed by atoms with Crippen molar-refractivity contribution in [1.29, 1.82) is 5.26 Å². The molecule has 0 fully saturated rings. The number of benzene rings is 1. The van der Waals surface area contributed by atoms with Crippen molar-refractivity contribution in [2.45, 2.75) is 20.0 Å². The number of carbonyl (C=O) groups excluding carboxylic acids is 1. The Morgan fingerprint density at radius 2 is 2.00 bits per heavy atom. The topological polar surface area (TPSA) is 50.1 Å². The fraction of sp³-hybridized carbons (Fsp3) is 0.231. The van der Waals surface area contributed by atoms with Gasteiger partial charge in [-0.15, -0.1) is 0 Å². The van der Waals surface area contributed by atoms with E-state index in [1.165, 1.54) is 6.08 Å². The molecule has 0 saturated carbocycles. The Morgan fingerprint density at radius 1 is 1.38 bits per heavy atom. The van der Waals surface area contributed by atoms with Crippen molar-refractivity contribution in [3.63, 3.8) is 0 Å². The van der Waals surface area contributed by atoms with Crippen LogP contribution in [-0.2, 0) is 9.53 Å². The number of nitrogens with zero attached hydrogens (tertiary/aromatic N) is 1. The smallest absolute Gasteiger partial charge is 0.332 e. The molecule has 0 amide bonds. The van der Waals surface area contributed by atoms with Gasteiger partial charge in [-0.3, -0.25) is 0 Å². The molecule has 0 saturated heterocycles. The molecule has 0 aromatic heterocycles. The standard InChI is InChI=1S/C13H13NO2/c1-10(2)16-13(15)8-12(9-14)11-6-4-3-5-7-11/h3-8,10H,1-2H3. The zero-order chi connectivity index (χ0) is 12.0. The third-order valence-electron chi connectivity index (χ3n) is 1.82. The number of allylic oxidation sites excluding steroid dienone is 1. The van der Waals surface area contributed by atoms with Crippen LogP contribution in [0.25, 0.3) is 5.57 Å². The maximum Gasteiger partial charge on any atom is 0.332 e. The first-order valence-electron chi connectivity index (χ1n) is 5.01. The largest absolute Gasteiger partial charge is 0.460 e. The number of nitriles is 1. The van der Waals surface area contributed by atoms with Gasteiger partial charge in [-0.1, -0.05) is 30.3 Å². The highest BCUT2D eigenvalue weighted by molar-refractivity contribution is 5.95. The van der Waals surface area contributed by atoms with Crippen LogP contribution >= 0.6 is 0 Å². The van der Waals surface area contributed by atoms with E-state index in [1.807, 2.05) is 24.3 Å². The lowest BCUT2D eigenvalue weighted by Crippen LogP contribution is -2.09. The maximum absolute atomic E-state index is 11.3. The first-order valence-corrected chi connectivity index (χ1v) is 5.01. The molecule has 82 valence electrons. The van der Waals surface area contributed by atoms with Gasteiger partial charge < -0.3 is 4.74 Å². The zero-order valence-electron chi connectivity index (χ0n) is 9.31. The van der Waals surface area contributed by atoms with Crippen LogP contribution in [0, 0.1) is 11.3 Å². The summed E-state index contributed by atoms with van der Waals surface area (Å²) < 4.78 is 4.94. The fourth-order valence-corrected chi connectivity index (χ4v) is 1.18. The first kappa shape index (κ1) is 12.0. The van der Waals surface area contributed by atoms with Gasteiger partial charge >= 0.3 is 5.97 Å². The van der Waals surface area contributed by atoms with E-state index in [-0.39, 0.29) is 6.10 Å². The summed E-state index contributed by atoms with van der Waals surface area (Å²) in [5.41, 5.74) is 1.02. The molecule has 3 nitrogen and oxygen atoms in total. The number of rotatable bonds is 3. The number of ether oxygens (including phenoxy) is 1. The van der Waals surface area contributed by atoms with Crippen LogP contribution in [0.5, 0.6) is 0 Å². The van der Waals surface area contributed by atoms with Gasteiger partial charge in [0.15, 0.2) is 0 Å². The summed E-state index contributed by atoms with van der Waals surface area (Å²) in [4.78, 5) is 11.3. The predicted octanol–water partition coefficient (Wildman–Crippen LogP) is 2.55. The highest BCUT2D eigenvalue weighted by atomic mass is 16.5. The molecule has 0 aliphatic rings. The highest BCUT2D eigenvalue weighted by Crippen LogP contribution is 2.12. The molecular weight excluding hydrogens is 202 g/mol. The third-order valence-corrected chi connectivity index (χ3v) is 1.82. The summed E-state index contributed by atoms with van der Waals surface area (Å²) in [6.07, 6.45) is 1.04. The molecule has 16 heavy (non-hydrogen) atoms. The number of carbonyl (C=O) groups is 1. The summed E-state index contributed by atoms with van der Waals surface area (Å²) in [5, 5.41) is 8.94. The number of hydrogen-bond donors (Lipinski definition) is 0. The molecule has 0 atom stereocenters. The maximum atomic E-state index is 11.3. The van der Waals surface area contributed by atoms with E-state index in [1.54, 1.807) is 26.0 Å². The van der Waals surface area contributed by atoms with Crippen molar-refractivity contribution in [2.75, 3.05) is 0 Å². The fourth-order valence-electron chi connectivity index (χ4n) is 1.18. The van der Waals surface area contributed by atoms with Gasteiger partial charge in [-0.05, 0) is 19.4 Å². The van der Waals surface area contributed by atoms with E-state index < -0.39 is 5.97 Å².